The van der Waals surface area contributed by atoms with Gasteiger partial charge in [-0.05, 0) is 41.4 Å². The van der Waals surface area contributed by atoms with Gasteiger partial charge in [-0.15, -0.1) is 0 Å². The van der Waals surface area contributed by atoms with Crippen LogP contribution in [0.15, 0.2) is 59.5 Å². The first kappa shape index (κ1) is 25.1. The number of carbonyl (C=O) groups is 1. The lowest BCUT2D eigenvalue weighted by Crippen LogP contribution is -2.45. The summed E-state index contributed by atoms with van der Waals surface area (Å²) >= 11 is 0. The van der Waals surface area contributed by atoms with Crippen LogP contribution in [0.25, 0.3) is 6.08 Å². The maximum atomic E-state index is 12.2. The highest BCUT2D eigenvalue weighted by Gasteiger charge is 2.15. The van der Waals surface area contributed by atoms with Crippen molar-refractivity contribution < 1.29 is 13.2 Å². The molecule has 0 unspecified atom stereocenters. The van der Waals surface area contributed by atoms with Gasteiger partial charge in [0.25, 0.3) is 0 Å². The Balaban J connectivity index is 1.44. The molecule has 178 valence electrons. The minimum absolute atomic E-state index is 0.197. The van der Waals surface area contributed by atoms with Crippen molar-refractivity contribution in [3.05, 3.63) is 71.3 Å². The zero-order chi connectivity index (χ0) is 23.7. The lowest BCUT2D eigenvalue weighted by molar-refractivity contribution is -0.116. The van der Waals surface area contributed by atoms with Crippen LogP contribution >= 0.6 is 0 Å². The van der Waals surface area contributed by atoms with Gasteiger partial charge in [0, 0.05) is 51.9 Å². The molecule has 1 saturated heterocycles. The maximum Gasteiger partial charge on any atom is 0.244 e. The van der Waals surface area contributed by atoms with Crippen LogP contribution in [0.4, 0.5) is 0 Å². The van der Waals surface area contributed by atoms with Crippen molar-refractivity contribution >= 4 is 22.0 Å². The average Bonchev–Trinajstić information content (AvgIpc) is 2.83. The van der Waals surface area contributed by atoms with E-state index in [9.17, 15) is 13.2 Å². The number of carbonyl (C=O) groups excluding carboxylic acids is 1. The van der Waals surface area contributed by atoms with Crippen molar-refractivity contribution in [2.45, 2.75) is 31.8 Å². The van der Waals surface area contributed by atoms with E-state index in [0.29, 0.717) is 13.1 Å². The standard InChI is InChI=1S/C25H34N4O3S/c1-3-27-33(31,32)24-12-9-21(10-13-24)11-14-25(30)26-19-22-5-7-23(8-6-22)20-29-17-15-28(4-2)16-18-29/h5-14,27H,3-4,15-20H2,1-2H3,(H,26,30). The van der Waals surface area contributed by atoms with Gasteiger partial charge in [-0.3, -0.25) is 9.69 Å². The molecular weight excluding hydrogens is 436 g/mol. The van der Waals surface area contributed by atoms with E-state index in [2.05, 4.69) is 51.0 Å². The van der Waals surface area contributed by atoms with Crippen molar-refractivity contribution in [2.75, 3.05) is 39.3 Å². The molecular formula is C25H34N4O3S. The highest BCUT2D eigenvalue weighted by atomic mass is 32.2. The van der Waals surface area contributed by atoms with Crippen molar-refractivity contribution in [2.24, 2.45) is 0 Å². The first-order chi connectivity index (χ1) is 15.9. The van der Waals surface area contributed by atoms with Crippen molar-refractivity contribution in [3.8, 4) is 0 Å². The van der Waals surface area contributed by atoms with E-state index in [1.54, 1.807) is 25.1 Å². The Labute approximate surface area is 197 Å². The third-order valence-corrected chi connectivity index (χ3v) is 7.32. The Kier molecular flexibility index (Phi) is 9.20. The molecule has 1 fully saturated rings. The number of nitrogens with one attached hydrogen (secondary N) is 2. The number of hydrogen-bond donors (Lipinski definition) is 2. The molecule has 7 nitrogen and oxygen atoms in total. The monoisotopic (exact) mass is 470 g/mol. The zero-order valence-electron chi connectivity index (χ0n) is 19.5. The predicted molar refractivity (Wildman–Crippen MR) is 132 cm³/mol. The summed E-state index contributed by atoms with van der Waals surface area (Å²) in [6.07, 6.45) is 3.12. The largest absolute Gasteiger partial charge is 0.348 e. The predicted octanol–water partition coefficient (Wildman–Crippen LogP) is 2.45. The van der Waals surface area contributed by atoms with E-state index in [0.717, 1.165) is 50.4 Å². The molecule has 0 radical (unpaired) electrons. The van der Waals surface area contributed by atoms with Crippen molar-refractivity contribution in [3.63, 3.8) is 0 Å². The maximum absolute atomic E-state index is 12.2. The number of likely N-dealkylation sites (N-methyl/N-ethyl adjacent to an activating group) is 1. The SMILES string of the molecule is CCNS(=O)(=O)c1ccc(C=CC(=O)NCc2ccc(CN3CCN(CC)CC3)cc2)cc1. The molecule has 0 atom stereocenters. The Morgan fingerprint density at radius 2 is 1.52 bits per heavy atom. The average molecular weight is 471 g/mol. The van der Waals surface area contributed by atoms with E-state index in [1.165, 1.54) is 23.8 Å². The van der Waals surface area contributed by atoms with Crippen LogP contribution in [0, 0.1) is 0 Å². The van der Waals surface area contributed by atoms with Crippen LogP contribution < -0.4 is 10.0 Å². The molecule has 1 aliphatic rings. The molecule has 1 aliphatic heterocycles. The molecule has 2 aromatic rings. The molecule has 8 heteroatoms. The summed E-state index contributed by atoms with van der Waals surface area (Å²) in [4.78, 5) is 17.3. The van der Waals surface area contributed by atoms with Gasteiger partial charge >= 0.3 is 0 Å². The molecule has 0 bridgehead atoms. The smallest absolute Gasteiger partial charge is 0.244 e. The van der Waals surface area contributed by atoms with Gasteiger partial charge in [0.15, 0.2) is 0 Å². The summed E-state index contributed by atoms with van der Waals surface area (Å²) in [5, 5.41) is 2.89. The van der Waals surface area contributed by atoms with E-state index < -0.39 is 10.0 Å². The molecule has 33 heavy (non-hydrogen) atoms. The number of piperazine rings is 1. The van der Waals surface area contributed by atoms with Crippen molar-refractivity contribution in [1.82, 2.24) is 19.8 Å². The summed E-state index contributed by atoms with van der Waals surface area (Å²) in [6.45, 7) is 11.3. The van der Waals surface area contributed by atoms with Gasteiger partial charge in [-0.25, -0.2) is 13.1 Å². The highest BCUT2D eigenvalue weighted by Crippen LogP contribution is 2.12. The van der Waals surface area contributed by atoms with E-state index in [1.807, 2.05) is 0 Å². The fourth-order valence-electron chi connectivity index (χ4n) is 3.74. The van der Waals surface area contributed by atoms with Crippen molar-refractivity contribution in [1.29, 1.82) is 0 Å². The number of amides is 1. The Morgan fingerprint density at radius 3 is 2.12 bits per heavy atom. The highest BCUT2D eigenvalue weighted by molar-refractivity contribution is 7.89. The van der Waals surface area contributed by atoms with Crippen LogP contribution in [0.5, 0.6) is 0 Å². The summed E-state index contributed by atoms with van der Waals surface area (Å²) in [5.74, 6) is -0.197. The molecule has 2 aromatic carbocycles. The number of benzene rings is 2. The number of rotatable bonds is 10. The van der Waals surface area contributed by atoms with E-state index >= 15 is 0 Å². The molecule has 1 amide bonds. The van der Waals surface area contributed by atoms with Gasteiger partial charge in [0.1, 0.15) is 0 Å². The summed E-state index contributed by atoms with van der Waals surface area (Å²) in [5.41, 5.74) is 3.09. The first-order valence-electron chi connectivity index (χ1n) is 11.5. The lowest BCUT2D eigenvalue weighted by atomic mass is 10.1. The minimum Gasteiger partial charge on any atom is -0.348 e. The Morgan fingerprint density at radius 1 is 0.909 bits per heavy atom. The lowest BCUT2D eigenvalue weighted by Gasteiger charge is -2.34. The second-order valence-electron chi connectivity index (χ2n) is 8.15. The van der Waals surface area contributed by atoms with Gasteiger partial charge in [0.2, 0.25) is 15.9 Å². The molecule has 0 saturated carbocycles. The number of hydrogen-bond acceptors (Lipinski definition) is 5. The van der Waals surface area contributed by atoms with Gasteiger partial charge < -0.3 is 10.2 Å². The van der Waals surface area contributed by atoms with E-state index in [4.69, 9.17) is 0 Å². The number of nitrogens with zero attached hydrogens (tertiary/aromatic N) is 2. The van der Waals surface area contributed by atoms with Gasteiger partial charge in [-0.2, -0.15) is 0 Å². The van der Waals surface area contributed by atoms with Crippen LogP contribution in [0.2, 0.25) is 0 Å². The Hall–Kier alpha value is -2.52. The van der Waals surface area contributed by atoms with Gasteiger partial charge in [0.05, 0.1) is 4.90 Å². The zero-order valence-corrected chi connectivity index (χ0v) is 20.3. The summed E-state index contributed by atoms with van der Waals surface area (Å²) in [6, 6.07) is 14.8. The third kappa shape index (κ3) is 7.78. The van der Waals surface area contributed by atoms with Crippen LogP contribution in [-0.4, -0.2) is 63.4 Å². The normalized spacial score (nSPS) is 15.7. The van der Waals surface area contributed by atoms with Crippen LogP contribution in [0.3, 0.4) is 0 Å². The molecule has 2 N–H and O–H groups in total. The molecule has 1 heterocycles. The van der Waals surface area contributed by atoms with Crippen LogP contribution in [0.1, 0.15) is 30.5 Å². The molecule has 0 aliphatic carbocycles. The summed E-state index contributed by atoms with van der Waals surface area (Å²) in [7, 11) is -3.47. The number of sulfonamides is 1. The first-order valence-corrected chi connectivity index (χ1v) is 13.0. The molecule has 0 spiro atoms. The molecule has 3 rings (SSSR count). The molecule has 0 aromatic heterocycles. The fraction of sp³-hybridized carbons (Fsp3) is 0.400. The van der Waals surface area contributed by atoms with Gasteiger partial charge in [-0.1, -0.05) is 50.2 Å². The second-order valence-corrected chi connectivity index (χ2v) is 9.92. The minimum atomic E-state index is -3.47. The topological polar surface area (TPSA) is 81.7 Å². The van der Waals surface area contributed by atoms with Crippen LogP contribution in [-0.2, 0) is 27.9 Å². The Bertz CT molecular complexity index is 1030. The summed E-state index contributed by atoms with van der Waals surface area (Å²) < 4.78 is 26.4. The fourth-order valence-corrected chi connectivity index (χ4v) is 4.78. The second kappa shape index (κ2) is 12.1. The third-order valence-electron chi connectivity index (χ3n) is 5.76. The quantitative estimate of drug-likeness (QED) is 0.522. The van der Waals surface area contributed by atoms with E-state index in [-0.39, 0.29) is 10.8 Å².